The van der Waals surface area contributed by atoms with E-state index < -0.39 is 0 Å². The van der Waals surface area contributed by atoms with Crippen LogP contribution >= 0.6 is 0 Å². The molecule has 1 unspecified atom stereocenters. The molecular formula is C11H13NO. The maximum atomic E-state index is 9.72. The average molecular weight is 175 g/mol. The van der Waals surface area contributed by atoms with Gasteiger partial charge in [-0.15, -0.1) is 6.58 Å². The van der Waals surface area contributed by atoms with Gasteiger partial charge in [0.1, 0.15) is 6.23 Å². The van der Waals surface area contributed by atoms with Gasteiger partial charge in [0.25, 0.3) is 0 Å². The summed E-state index contributed by atoms with van der Waals surface area (Å²) in [5.74, 6) is 0. The van der Waals surface area contributed by atoms with Gasteiger partial charge in [-0.3, -0.25) is 0 Å². The van der Waals surface area contributed by atoms with Gasteiger partial charge < -0.3 is 10.0 Å². The Kier molecular flexibility index (Phi) is 2.07. The van der Waals surface area contributed by atoms with E-state index in [1.54, 1.807) is 0 Å². The Hall–Kier alpha value is -1.28. The zero-order valence-electron chi connectivity index (χ0n) is 7.48. The fourth-order valence-corrected chi connectivity index (χ4v) is 1.79. The summed E-state index contributed by atoms with van der Waals surface area (Å²) >= 11 is 0. The van der Waals surface area contributed by atoms with Gasteiger partial charge >= 0.3 is 0 Å². The number of nitrogens with zero attached hydrogens (tertiary/aromatic N) is 1. The van der Waals surface area contributed by atoms with Gasteiger partial charge in [-0.05, 0) is 11.6 Å². The molecule has 0 saturated heterocycles. The van der Waals surface area contributed by atoms with Crippen LogP contribution in [-0.4, -0.2) is 17.9 Å². The topological polar surface area (TPSA) is 23.5 Å². The Morgan fingerprint density at radius 3 is 3.08 bits per heavy atom. The number of para-hydroxylation sites is 1. The average Bonchev–Trinajstić information content (AvgIpc) is 2.44. The zero-order chi connectivity index (χ0) is 9.26. The molecule has 0 bridgehead atoms. The number of benzene rings is 1. The summed E-state index contributed by atoms with van der Waals surface area (Å²) in [5.41, 5.74) is 2.35. The van der Waals surface area contributed by atoms with Gasteiger partial charge in [0, 0.05) is 18.7 Å². The third kappa shape index (κ3) is 1.33. The smallest absolute Gasteiger partial charge is 0.131 e. The number of aliphatic hydroxyl groups excluding tert-OH is 1. The quantitative estimate of drug-likeness (QED) is 0.689. The fraction of sp³-hybridized carbons (Fsp3) is 0.273. The maximum Gasteiger partial charge on any atom is 0.131 e. The first-order chi connectivity index (χ1) is 6.33. The van der Waals surface area contributed by atoms with E-state index in [0.717, 1.165) is 12.1 Å². The largest absolute Gasteiger partial charge is 0.373 e. The minimum atomic E-state index is -0.379. The maximum absolute atomic E-state index is 9.72. The van der Waals surface area contributed by atoms with Crippen molar-refractivity contribution < 1.29 is 5.11 Å². The molecule has 1 aliphatic rings. The molecule has 1 N–H and O–H groups in total. The van der Waals surface area contributed by atoms with Crippen LogP contribution in [0.3, 0.4) is 0 Å². The summed E-state index contributed by atoms with van der Waals surface area (Å²) in [7, 11) is 0. The standard InChI is InChI=1S/C11H13NO/c1-2-7-12-10-6-4-3-5-9(10)8-11(12)13/h2-6,11,13H,1,7-8H2. The normalized spacial score (nSPS) is 20.1. The molecule has 2 rings (SSSR count). The first-order valence-electron chi connectivity index (χ1n) is 4.46. The Bertz CT molecular complexity index is 322. The van der Waals surface area contributed by atoms with Crippen molar-refractivity contribution in [2.45, 2.75) is 12.6 Å². The molecule has 0 radical (unpaired) electrons. The van der Waals surface area contributed by atoms with Gasteiger partial charge in [0.05, 0.1) is 0 Å². The molecule has 0 amide bonds. The van der Waals surface area contributed by atoms with Crippen LogP contribution in [0.2, 0.25) is 0 Å². The van der Waals surface area contributed by atoms with Gasteiger partial charge in [0.15, 0.2) is 0 Å². The second-order valence-electron chi connectivity index (χ2n) is 3.25. The molecule has 2 heteroatoms. The highest BCUT2D eigenvalue weighted by Gasteiger charge is 2.25. The van der Waals surface area contributed by atoms with Crippen molar-refractivity contribution in [2.24, 2.45) is 0 Å². The number of fused-ring (bicyclic) bond motifs is 1. The van der Waals surface area contributed by atoms with E-state index in [9.17, 15) is 5.11 Å². The number of rotatable bonds is 2. The van der Waals surface area contributed by atoms with Crippen LogP contribution in [-0.2, 0) is 6.42 Å². The third-order valence-corrected chi connectivity index (χ3v) is 2.39. The Morgan fingerprint density at radius 1 is 1.54 bits per heavy atom. The summed E-state index contributed by atoms with van der Waals surface area (Å²) in [5, 5.41) is 9.72. The molecule has 0 fully saturated rings. The molecule has 1 heterocycles. The van der Waals surface area contributed by atoms with Gasteiger partial charge in [-0.1, -0.05) is 24.3 Å². The van der Waals surface area contributed by atoms with E-state index >= 15 is 0 Å². The van der Waals surface area contributed by atoms with E-state index in [1.807, 2.05) is 29.2 Å². The van der Waals surface area contributed by atoms with Crippen molar-refractivity contribution in [1.82, 2.24) is 0 Å². The molecule has 68 valence electrons. The van der Waals surface area contributed by atoms with E-state index in [4.69, 9.17) is 0 Å². The molecule has 2 nitrogen and oxygen atoms in total. The molecule has 0 aromatic heterocycles. The molecule has 0 saturated carbocycles. The van der Waals surface area contributed by atoms with Crippen LogP contribution < -0.4 is 4.90 Å². The third-order valence-electron chi connectivity index (χ3n) is 2.39. The van der Waals surface area contributed by atoms with Crippen LogP contribution in [0.1, 0.15) is 5.56 Å². The molecule has 1 aromatic rings. The van der Waals surface area contributed by atoms with E-state index in [-0.39, 0.29) is 6.23 Å². The van der Waals surface area contributed by atoms with Crippen LogP contribution in [0.25, 0.3) is 0 Å². The van der Waals surface area contributed by atoms with E-state index in [0.29, 0.717) is 6.54 Å². The highest BCUT2D eigenvalue weighted by atomic mass is 16.3. The zero-order valence-corrected chi connectivity index (χ0v) is 7.48. The molecule has 0 spiro atoms. The minimum Gasteiger partial charge on any atom is -0.373 e. The summed E-state index contributed by atoms with van der Waals surface area (Å²) in [6.45, 7) is 4.39. The minimum absolute atomic E-state index is 0.379. The Balaban J connectivity index is 2.34. The van der Waals surface area contributed by atoms with E-state index in [2.05, 4.69) is 12.6 Å². The monoisotopic (exact) mass is 175 g/mol. The van der Waals surface area contributed by atoms with Crippen LogP contribution in [0.15, 0.2) is 36.9 Å². The number of hydrogen-bond donors (Lipinski definition) is 1. The van der Waals surface area contributed by atoms with Crippen molar-refractivity contribution in [3.8, 4) is 0 Å². The van der Waals surface area contributed by atoms with E-state index in [1.165, 1.54) is 5.56 Å². The highest BCUT2D eigenvalue weighted by Crippen LogP contribution is 2.30. The Morgan fingerprint density at radius 2 is 2.31 bits per heavy atom. The summed E-state index contributed by atoms with van der Waals surface area (Å²) in [4.78, 5) is 1.96. The van der Waals surface area contributed by atoms with Crippen molar-refractivity contribution in [1.29, 1.82) is 0 Å². The summed E-state index contributed by atoms with van der Waals surface area (Å²) in [6.07, 6.45) is 2.16. The lowest BCUT2D eigenvalue weighted by molar-refractivity contribution is 0.182. The first kappa shape index (κ1) is 8.32. The second kappa shape index (κ2) is 3.23. The Labute approximate surface area is 78.1 Å². The van der Waals surface area contributed by atoms with Gasteiger partial charge in [-0.2, -0.15) is 0 Å². The molecule has 1 aromatic carbocycles. The SMILES string of the molecule is C=CCN1c2ccccc2CC1O. The van der Waals surface area contributed by atoms with Crippen molar-refractivity contribution >= 4 is 5.69 Å². The van der Waals surface area contributed by atoms with Crippen molar-refractivity contribution in [2.75, 3.05) is 11.4 Å². The fourth-order valence-electron chi connectivity index (χ4n) is 1.79. The lowest BCUT2D eigenvalue weighted by Crippen LogP contribution is -2.31. The predicted molar refractivity (Wildman–Crippen MR) is 53.7 cm³/mol. The summed E-state index contributed by atoms with van der Waals surface area (Å²) in [6, 6.07) is 8.09. The lowest BCUT2D eigenvalue weighted by atomic mass is 10.2. The second-order valence-corrected chi connectivity index (χ2v) is 3.25. The molecule has 0 aliphatic carbocycles. The molecule has 1 aliphatic heterocycles. The van der Waals surface area contributed by atoms with Crippen molar-refractivity contribution in [3.63, 3.8) is 0 Å². The molecule has 13 heavy (non-hydrogen) atoms. The highest BCUT2D eigenvalue weighted by molar-refractivity contribution is 5.58. The lowest BCUT2D eigenvalue weighted by Gasteiger charge is -2.21. The van der Waals surface area contributed by atoms with Gasteiger partial charge in [-0.25, -0.2) is 0 Å². The number of hydrogen-bond acceptors (Lipinski definition) is 2. The van der Waals surface area contributed by atoms with Crippen LogP contribution in [0, 0.1) is 0 Å². The van der Waals surface area contributed by atoms with Gasteiger partial charge in [0.2, 0.25) is 0 Å². The number of anilines is 1. The van der Waals surface area contributed by atoms with Crippen LogP contribution in [0.4, 0.5) is 5.69 Å². The number of aliphatic hydroxyl groups is 1. The predicted octanol–water partition coefficient (Wildman–Crippen LogP) is 1.55. The van der Waals surface area contributed by atoms with Crippen molar-refractivity contribution in [3.05, 3.63) is 42.5 Å². The van der Waals surface area contributed by atoms with Crippen LogP contribution in [0.5, 0.6) is 0 Å². The molecule has 1 atom stereocenters. The molecular weight excluding hydrogens is 162 g/mol. The summed E-state index contributed by atoms with van der Waals surface area (Å²) < 4.78 is 0. The first-order valence-corrected chi connectivity index (χ1v) is 4.46.